The highest BCUT2D eigenvalue weighted by Crippen LogP contribution is 2.38. The number of carbonyl (C=O) groups is 3. The number of carbonyl (C=O) groups excluding carboxylic acids is 3. The fourth-order valence-electron chi connectivity index (χ4n) is 4.44. The summed E-state index contributed by atoms with van der Waals surface area (Å²) in [5, 5.41) is 16.8. The molecule has 1 aromatic rings. The summed E-state index contributed by atoms with van der Waals surface area (Å²) in [5.41, 5.74) is 0.296. The Morgan fingerprint density at radius 3 is 2.28 bits per heavy atom. The van der Waals surface area contributed by atoms with Gasteiger partial charge in [-0.3, -0.25) is 9.59 Å². The number of nitrogens with one attached hydrogen (secondary N) is 2. The quantitative estimate of drug-likeness (QED) is 0.417. The van der Waals surface area contributed by atoms with Gasteiger partial charge in [-0.2, -0.15) is 0 Å². The van der Waals surface area contributed by atoms with Crippen molar-refractivity contribution < 1.29 is 24.2 Å². The maximum Gasteiger partial charge on any atom is 0.408 e. The van der Waals surface area contributed by atoms with E-state index in [1.54, 1.807) is 50.8 Å². The summed E-state index contributed by atoms with van der Waals surface area (Å²) in [6.45, 7) is 14.7. The summed E-state index contributed by atoms with van der Waals surface area (Å²) in [6.07, 6.45) is 3.47. The van der Waals surface area contributed by atoms with Crippen molar-refractivity contribution in [2.24, 2.45) is 5.92 Å². The van der Waals surface area contributed by atoms with E-state index in [1.807, 2.05) is 27.7 Å². The Hall–Kier alpha value is -2.77. The molecule has 1 fully saturated rings. The maximum atomic E-state index is 14.1. The second-order valence-electron chi connectivity index (χ2n) is 11.3. The highest BCUT2D eigenvalue weighted by molar-refractivity contribution is 5.93. The van der Waals surface area contributed by atoms with Gasteiger partial charge in [-0.05, 0) is 71.8 Å². The van der Waals surface area contributed by atoms with Crippen molar-refractivity contribution in [3.05, 3.63) is 29.3 Å². The molecule has 3 amide bonds. The average Bonchev–Trinajstić information content (AvgIpc) is 2.71. The molecule has 0 saturated heterocycles. The number of hydrogen-bond donors (Lipinski definition) is 3. The lowest BCUT2D eigenvalue weighted by Gasteiger charge is -2.44. The van der Waals surface area contributed by atoms with Gasteiger partial charge in [0.1, 0.15) is 23.4 Å². The van der Waals surface area contributed by atoms with Crippen molar-refractivity contribution in [3.8, 4) is 5.75 Å². The van der Waals surface area contributed by atoms with E-state index < -0.39 is 23.8 Å². The molecule has 2 rings (SSSR count). The predicted octanol–water partition coefficient (Wildman–Crippen LogP) is 4.98. The van der Waals surface area contributed by atoms with E-state index in [2.05, 4.69) is 10.6 Å². The Kier molecular flexibility index (Phi) is 10.2. The topological polar surface area (TPSA) is 108 Å². The number of phenolic OH excluding ortho intramolecular Hbond substituents is 1. The molecule has 1 aromatic carbocycles. The molecular weight excluding hydrogens is 458 g/mol. The molecule has 1 aliphatic rings. The highest BCUT2D eigenvalue weighted by atomic mass is 16.6. The van der Waals surface area contributed by atoms with Gasteiger partial charge in [-0.25, -0.2) is 4.79 Å². The molecule has 0 aromatic heterocycles. The molecule has 36 heavy (non-hydrogen) atoms. The number of benzene rings is 1. The van der Waals surface area contributed by atoms with Gasteiger partial charge in [-0.15, -0.1) is 0 Å². The first-order valence-electron chi connectivity index (χ1n) is 13.2. The third kappa shape index (κ3) is 7.61. The highest BCUT2D eigenvalue weighted by Gasteiger charge is 2.43. The molecule has 8 heteroatoms. The predicted molar refractivity (Wildman–Crippen MR) is 141 cm³/mol. The monoisotopic (exact) mass is 503 g/mol. The second-order valence-corrected chi connectivity index (χ2v) is 11.3. The third-order valence-electron chi connectivity index (χ3n) is 6.53. The Balaban J connectivity index is 2.53. The van der Waals surface area contributed by atoms with Crippen molar-refractivity contribution in [3.63, 3.8) is 0 Å². The molecule has 8 nitrogen and oxygen atoms in total. The Morgan fingerprint density at radius 1 is 1.14 bits per heavy atom. The van der Waals surface area contributed by atoms with Crippen LogP contribution in [-0.4, -0.2) is 51.6 Å². The lowest BCUT2D eigenvalue weighted by Crippen LogP contribution is -2.59. The van der Waals surface area contributed by atoms with Crippen LogP contribution < -0.4 is 10.6 Å². The molecule has 0 heterocycles. The number of ether oxygens (including phenoxy) is 1. The fraction of sp³-hybridized carbons (Fsp3) is 0.679. The van der Waals surface area contributed by atoms with Gasteiger partial charge >= 0.3 is 6.09 Å². The minimum Gasteiger partial charge on any atom is -0.507 e. The third-order valence-corrected chi connectivity index (χ3v) is 6.53. The van der Waals surface area contributed by atoms with Crippen LogP contribution in [0.5, 0.6) is 5.75 Å². The van der Waals surface area contributed by atoms with Crippen LogP contribution in [-0.2, 0) is 14.3 Å². The first-order chi connectivity index (χ1) is 16.8. The number of hydrogen-bond acceptors (Lipinski definition) is 5. The number of para-hydroxylation sites is 1. The summed E-state index contributed by atoms with van der Waals surface area (Å²) in [4.78, 5) is 42.1. The van der Waals surface area contributed by atoms with Gasteiger partial charge < -0.3 is 25.4 Å². The van der Waals surface area contributed by atoms with Gasteiger partial charge in [0.05, 0.1) is 0 Å². The van der Waals surface area contributed by atoms with E-state index in [-0.39, 0.29) is 35.6 Å². The van der Waals surface area contributed by atoms with Crippen molar-refractivity contribution in [2.75, 3.05) is 0 Å². The number of rotatable bonds is 10. The first kappa shape index (κ1) is 29.5. The number of amides is 3. The van der Waals surface area contributed by atoms with E-state index in [0.717, 1.165) is 32.1 Å². The molecule has 0 bridgehead atoms. The van der Waals surface area contributed by atoms with Crippen molar-refractivity contribution in [1.29, 1.82) is 0 Å². The summed E-state index contributed by atoms with van der Waals surface area (Å²) in [5.74, 6) is -0.942. The lowest BCUT2D eigenvalue weighted by atomic mass is 9.86. The summed E-state index contributed by atoms with van der Waals surface area (Å²) in [7, 11) is 0. The number of nitrogens with zero attached hydrogens (tertiary/aromatic N) is 1. The van der Waals surface area contributed by atoms with Gasteiger partial charge in [0.15, 0.2) is 0 Å². The van der Waals surface area contributed by atoms with E-state index in [1.165, 1.54) is 0 Å². The molecule has 0 radical (unpaired) electrons. The van der Waals surface area contributed by atoms with Crippen LogP contribution in [0.1, 0.15) is 97.7 Å². The summed E-state index contributed by atoms with van der Waals surface area (Å²) in [6, 6.07) is 3.07. The molecule has 3 atom stereocenters. The maximum absolute atomic E-state index is 14.1. The van der Waals surface area contributed by atoms with Gasteiger partial charge in [0, 0.05) is 17.6 Å². The minimum absolute atomic E-state index is 0.000818. The molecule has 1 aliphatic carbocycles. The van der Waals surface area contributed by atoms with E-state index in [4.69, 9.17) is 4.74 Å². The number of aryl methyl sites for hydroxylation is 1. The molecule has 202 valence electrons. The van der Waals surface area contributed by atoms with Crippen LogP contribution >= 0.6 is 0 Å². The zero-order chi connectivity index (χ0) is 27.2. The lowest BCUT2D eigenvalue weighted by molar-refractivity contribution is -0.148. The minimum atomic E-state index is -1.02. The Bertz CT molecular complexity index is 920. The molecular formula is C28H45N3O5. The average molecular weight is 504 g/mol. The van der Waals surface area contributed by atoms with Crippen LogP contribution in [0.4, 0.5) is 4.79 Å². The standard InChI is InChI=1S/C28H45N3O5/c1-9-12-19(5)29-25(33)23(21-16-10-13-18(4)24(21)32)31(20-14-11-15-20)26(34)22(17(2)3)30-27(35)36-28(6,7)8/h10,13,16-17,19-20,22-23,32H,9,11-12,14-15H2,1-8H3,(H,29,33)(H,30,35). The van der Waals surface area contributed by atoms with Crippen molar-refractivity contribution in [1.82, 2.24) is 15.5 Å². The number of phenols is 1. The molecule has 0 aliphatic heterocycles. The van der Waals surface area contributed by atoms with Crippen LogP contribution in [0, 0.1) is 12.8 Å². The second kappa shape index (κ2) is 12.5. The van der Waals surface area contributed by atoms with E-state index >= 15 is 0 Å². The van der Waals surface area contributed by atoms with E-state index in [9.17, 15) is 19.5 Å². The first-order valence-corrected chi connectivity index (χ1v) is 13.2. The molecule has 3 N–H and O–H groups in total. The zero-order valence-electron chi connectivity index (χ0n) is 23.2. The van der Waals surface area contributed by atoms with Crippen LogP contribution in [0.2, 0.25) is 0 Å². The molecule has 1 saturated carbocycles. The zero-order valence-corrected chi connectivity index (χ0v) is 23.2. The summed E-state index contributed by atoms with van der Waals surface area (Å²) < 4.78 is 5.42. The number of aromatic hydroxyl groups is 1. The fourth-order valence-corrected chi connectivity index (χ4v) is 4.44. The largest absolute Gasteiger partial charge is 0.507 e. The van der Waals surface area contributed by atoms with Crippen molar-refractivity contribution in [2.45, 2.75) is 117 Å². The van der Waals surface area contributed by atoms with Crippen LogP contribution in [0.15, 0.2) is 18.2 Å². The smallest absolute Gasteiger partial charge is 0.408 e. The Labute approximate surface area is 216 Å². The SMILES string of the molecule is CCCC(C)NC(=O)C(c1cccc(C)c1O)N(C(=O)C(NC(=O)OC(C)(C)C)C(C)C)C1CCC1. The van der Waals surface area contributed by atoms with Crippen LogP contribution in [0.3, 0.4) is 0 Å². The van der Waals surface area contributed by atoms with Crippen molar-refractivity contribution >= 4 is 17.9 Å². The van der Waals surface area contributed by atoms with Gasteiger partial charge in [0.25, 0.3) is 0 Å². The molecule has 0 spiro atoms. The normalized spacial score (nSPS) is 16.5. The van der Waals surface area contributed by atoms with Gasteiger partial charge in [0.2, 0.25) is 11.8 Å². The number of alkyl carbamates (subject to hydrolysis) is 1. The Morgan fingerprint density at radius 2 is 1.78 bits per heavy atom. The van der Waals surface area contributed by atoms with Gasteiger partial charge in [-0.1, -0.05) is 45.4 Å². The van der Waals surface area contributed by atoms with E-state index in [0.29, 0.717) is 11.1 Å². The molecule has 3 unspecified atom stereocenters. The van der Waals surface area contributed by atoms with Crippen LogP contribution in [0.25, 0.3) is 0 Å². The summed E-state index contributed by atoms with van der Waals surface area (Å²) >= 11 is 0.